The highest BCUT2D eigenvalue weighted by Crippen LogP contribution is 2.38. The standard InChI is InChI=1S/C16H30N2O3S/c1-15(2,3)21-14(20)18-12-16(7-5-4-6-8-16)11-13(19)17-9-10-22/h22H,4-12H2,1-3H3,(H,17,19)(H,18,20). The Morgan fingerprint density at radius 1 is 1.14 bits per heavy atom. The fraction of sp³-hybridized carbons (Fsp3) is 0.875. The Labute approximate surface area is 139 Å². The number of hydrogen-bond donors (Lipinski definition) is 3. The SMILES string of the molecule is CC(C)(C)OC(=O)NCC1(CC(=O)NCCS)CCCCC1. The van der Waals surface area contributed by atoms with Crippen molar-refractivity contribution in [1.29, 1.82) is 0 Å². The van der Waals surface area contributed by atoms with Crippen molar-refractivity contribution < 1.29 is 14.3 Å². The molecule has 0 saturated heterocycles. The third kappa shape index (κ3) is 7.38. The first-order valence-electron chi connectivity index (χ1n) is 8.11. The first kappa shape index (κ1) is 19.1. The fourth-order valence-electron chi connectivity index (χ4n) is 2.89. The molecule has 0 aliphatic heterocycles. The van der Waals surface area contributed by atoms with Crippen LogP contribution in [0.1, 0.15) is 59.3 Å². The number of thiol groups is 1. The fourth-order valence-corrected chi connectivity index (χ4v) is 3.00. The summed E-state index contributed by atoms with van der Waals surface area (Å²) in [5.41, 5.74) is -0.649. The summed E-state index contributed by atoms with van der Waals surface area (Å²) in [7, 11) is 0. The second-order valence-corrected chi connectivity index (χ2v) is 7.61. The van der Waals surface area contributed by atoms with Gasteiger partial charge in [-0.1, -0.05) is 19.3 Å². The molecule has 0 heterocycles. The second kappa shape index (κ2) is 8.65. The maximum Gasteiger partial charge on any atom is 0.407 e. The Morgan fingerprint density at radius 2 is 1.77 bits per heavy atom. The summed E-state index contributed by atoms with van der Waals surface area (Å²) in [6.45, 7) is 6.60. The highest BCUT2D eigenvalue weighted by molar-refractivity contribution is 7.80. The maximum absolute atomic E-state index is 12.1. The number of alkyl carbamates (subject to hydrolysis) is 1. The normalized spacial score (nSPS) is 17.6. The van der Waals surface area contributed by atoms with Gasteiger partial charge in [-0.15, -0.1) is 0 Å². The summed E-state index contributed by atoms with van der Waals surface area (Å²) in [5.74, 6) is 0.677. The molecule has 1 saturated carbocycles. The molecule has 0 radical (unpaired) electrons. The van der Waals surface area contributed by atoms with E-state index in [1.807, 2.05) is 20.8 Å². The van der Waals surface area contributed by atoms with Crippen molar-refractivity contribution >= 4 is 24.6 Å². The predicted octanol–water partition coefficient (Wildman–Crippen LogP) is 2.90. The number of carbonyl (C=O) groups excluding carboxylic acids is 2. The average molecular weight is 330 g/mol. The highest BCUT2D eigenvalue weighted by Gasteiger charge is 2.35. The van der Waals surface area contributed by atoms with Crippen LogP contribution < -0.4 is 10.6 Å². The third-order valence-corrected chi connectivity index (χ3v) is 4.11. The lowest BCUT2D eigenvalue weighted by molar-refractivity contribution is -0.123. The number of rotatable bonds is 6. The number of carbonyl (C=O) groups is 2. The molecule has 0 bridgehead atoms. The number of amides is 2. The van der Waals surface area contributed by atoms with Crippen molar-refractivity contribution in [3.63, 3.8) is 0 Å². The molecule has 6 heteroatoms. The van der Waals surface area contributed by atoms with E-state index < -0.39 is 11.7 Å². The van der Waals surface area contributed by atoms with Crippen LogP contribution in [0, 0.1) is 5.41 Å². The van der Waals surface area contributed by atoms with Gasteiger partial charge in [-0.25, -0.2) is 4.79 Å². The van der Waals surface area contributed by atoms with E-state index in [0.717, 1.165) is 25.7 Å². The topological polar surface area (TPSA) is 67.4 Å². The molecule has 1 aliphatic rings. The lowest BCUT2D eigenvalue weighted by Gasteiger charge is -2.37. The Hall–Kier alpha value is -0.910. The molecule has 0 aromatic heterocycles. The first-order valence-corrected chi connectivity index (χ1v) is 8.74. The molecule has 0 atom stereocenters. The van der Waals surface area contributed by atoms with Gasteiger partial charge in [0, 0.05) is 25.3 Å². The van der Waals surface area contributed by atoms with Gasteiger partial charge in [0.25, 0.3) is 0 Å². The zero-order valence-corrected chi connectivity index (χ0v) is 14.9. The Morgan fingerprint density at radius 3 is 2.32 bits per heavy atom. The Bertz CT molecular complexity index is 374. The monoisotopic (exact) mass is 330 g/mol. The average Bonchev–Trinajstić information content (AvgIpc) is 2.42. The Kier molecular flexibility index (Phi) is 7.53. The molecule has 0 unspecified atom stereocenters. The van der Waals surface area contributed by atoms with Crippen LogP contribution in [0.2, 0.25) is 0 Å². The van der Waals surface area contributed by atoms with E-state index in [2.05, 4.69) is 23.3 Å². The van der Waals surface area contributed by atoms with Crippen molar-refractivity contribution in [2.24, 2.45) is 5.41 Å². The van der Waals surface area contributed by atoms with Gasteiger partial charge in [-0.2, -0.15) is 12.6 Å². The van der Waals surface area contributed by atoms with Crippen molar-refractivity contribution in [2.45, 2.75) is 64.9 Å². The third-order valence-electron chi connectivity index (χ3n) is 3.89. The molecule has 128 valence electrons. The zero-order valence-electron chi connectivity index (χ0n) is 14.0. The van der Waals surface area contributed by atoms with E-state index in [-0.39, 0.29) is 11.3 Å². The summed E-state index contributed by atoms with van der Waals surface area (Å²) in [6.07, 6.45) is 5.40. The van der Waals surface area contributed by atoms with Gasteiger partial charge in [0.15, 0.2) is 0 Å². The van der Waals surface area contributed by atoms with E-state index >= 15 is 0 Å². The van der Waals surface area contributed by atoms with Crippen LogP contribution in [0.15, 0.2) is 0 Å². The van der Waals surface area contributed by atoms with Gasteiger partial charge >= 0.3 is 6.09 Å². The first-order chi connectivity index (χ1) is 10.3. The zero-order chi connectivity index (χ0) is 16.6. The maximum atomic E-state index is 12.1. The van der Waals surface area contributed by atoms with Crippen molar-refractivity contribution in [1.82, 2.24) is 10.6 Å². The molecular formula is C16H30N2O3S. The van der Waals surface area contributed by atoms with Crippen LogP contribution in [0.4, 0.5) is 4.79 Å². The van der Waals surface area contributed by atoms with Crippen LogP contribution in [0.25, 0.3) is 0 Å². The minimum Gasteiger partial charge on any atom is -0.444 e. The van der Waals surface area contributed by atoms with E-state index in [9.17, 15) is 9.59 Å². The lowest BCUT2D eigenvalue weighted by Crippen LogP contribution is -2.44. The summed E-state index contributed by atoms with van der Waals surface area (Å²) in [4.78, 5) is 23.9. The van der Waals surface area contributed by atoms with E-state index in [0.29, 0.717) is 25.3 Å². The summed E-state index contributed by atoms with van der Waals surface area (Å²) < 4.78 is 5.28. The largest absolute Gasteiger partial charge is 0.444 e. The molecular weight excluding hydrogens is 300 g/mol. The lowest BCUT2D eigenvalue weighted by atomic mass is 9.71. The van der Waals surface area contributed by atoms with E-state index in [1.54, 1.807) is 0 Å². The summed E-state index contributed by atoms with van der Waals surface area (Å²) in [5, 5.41) is 5.73. The van der Waals surface area contributed by atoms with E-state index in [1.165, 1.54) is 6.42 Å². The quantitative estimate of drug-likeness (QED) is 0.656. The second-order valence-electron chi connectivity index (χ2n) is 7.17. The van der Waals surface area contributed by atoms with Crippen LogP contribution in [0.5, 0.6) is 0 Å². The van der Waals surface area contributed by atoms with Crippen molar-refractivity contribution in [2.75, 3.05) is 18.8 Å². The van der Waals surface area contributed by atoms with Crippen molar-refractivity contribution in [3.8, 4) is 0 Å². The molecule has 1 fully saturated rings. The van der Waals surface area contributed by atoms with Gasteiger partial charge in [-0.05, 0) is 39.0 Å². The molecule has 2 amide bonds. The van der Waals surface area contributed by atoms with Crippen LogP contribution in [-0.4, -0.2) is 36.4 Å². The number of hydrogen-bond acceptors (Lipinski definition) is 4. The molecule has 2 N–H and O–H groups in total. The van der Waals surface area contributed by atoms with Crippen LogP contribution >= 0.6 is 12.6 Å². The molecule has 1 rings (SSSR count). The van der Waals surface area contributed by atoms with Crippen LogP contribution in [0.3, 0.4) is 0 Å². The molecule has 0 aromatic carbocycles. The predicted molar refractivity (Wildman–Crippen MR) is 91.2 cm³/mol. The highest BCUT2D eigenvalue weighted by atomic mass is 32.1. The van der Waals surface area contributed by atoms with Gasteiger partial charge < -0.3 is 15.4 Å². The molecule has 22 heavy (non-hydrogen) atoms. The minimum absolute atomic E-state index is 0.0435. The smallest absolute Gasteiger partial charge is 0.407 e. The minimum atomic E-state index is -0.506. The molecule has 5 nitrogen and oxygen atoms in total. The number of ether oxygens (including phenoxy) is 1. The summed E-state index contributed by atoms with van der Waals surface area (Å²) in [6, 6.07) is 0. The van der Waals surface area contributed by atoms with Gasteiger partial charge in [0.05, 0.1) is 0 Å². The van der Waals surface area contributed by atoms with Gasteiger partial charge in [0.2, 0.25) is 5.91 Å². The van der Waals surface area contributed by atoms with E-state index in [4.69, 9.17) is 4.74 Å². The molecule has 0 spiro atoms. The Balaban J connectivity index is 2.56. The number of nitrogens with one attached hydrogen (secondary N) is 2. The van der Waals surface area contributed by atoms with Crippen LogP contribution in [-0.2, 0) is 9.53 Å². The van der Waals surface area contributed by atoms with Gasteiger partial charge in [0.1, 0.15) is 5.60 Å². The van der Waals surface area contributed by atoms with Crippen molar-refractivity contribution in [3.05, 3.63) is 0 Å². The van der Waals surface area contributed by atoms with Gasteiger partial charge in [-0.3, -0.25) is 4.79 Å². The summed E-state index contributed by atoms with van der Waals surface area (Å²) >= 11 is 4.10. The molecule has 1 aliphatic carbocycles. The molecule has 0 aromatic rings.